The molecule has 0 radical (unpaired) electrons. The van der Waals surface area contributed by atoms with Crippen molar-refractivity contribution in [1.82, 2.24) is 9.78 Å². The highest BCUT2D eigenvalue weighted by Crippen LogP contribution is 2.19. The van der Waals surface area contributed by atoms with E-state index in [4.69, 9.17) is 9.15 Å². The summed E-state index contributed by atoms with van der Waals surface area (Å²) in [5.41, 5.74) is 2.57. The normalized spacial score (nSPS) is 12.2. The molecule has 3 rings (SSSR count). The van der Waals surface area contributed by atoms with Gasteiger partial charge < -0.3 is 14.3 Å². The topological polar surface area (TPSA) is 77.5 Å². The summed E-state index contributed by atoms with van der Waals surface area (Å²) in [6.45, 7) is 3.84. The van der Waals surface area contributed by atoms with Crippen LogP contribution < -0.4 is 10.5 Å². The Morgan fingerprint density at radius 3 is 2.65 bits per heavy atom. The lowest BCUT2D eigenvalue weighted by molar-refractivity contribution is 0.0872. The molecule has 0 aliphatic carbocycles. The number of nitrogens with zero attached hydrogens (tertiary/aromatic N) is 2. The van der Waals surface area contributed by atoms with Crippen LogP contribution >= 0.6 is 0 Å². The Morgan fingerprint density at radius 1 is 1.23 bits per heavy atom. The molecule has 0 bridgehead atoms. The zero-order valence-electron chi connectivity index (χ0n) is 14.5. The molecule has 2 aromatic carbocycles. The first kappa shape index (κ1) is 17.9. The van der Waals surface area contributed by atoms with E-state index in [9.17, 15) is 14.3 Å². The van der Waals surface area contributed by atoms with Crippen LogP contribution in [0.2, 0.25) is 0 Å². The molecule has 0 unspecified atom stereocenters. The van der Waals surface area contributed by atoms with Crippen molar-refractivity contribution in [2.45, 2.75) is 26.5 Å². The summed E-state index contributed by atoms with van der Waals surface area (Å²) >= 11 is 0. The van der Waals surface area contributed by atoms with Gasteiger partial charge in [-0.15, -0.1) is 5.10 Å². The highest BCUT2D eigenvalue weighted by Gasteiger charge is 2.15. The Hall–Kier alpha value is -2.93. The lowest BCUT2D eigenvalue weighted by Crippen LogP contribution is -2.29. The quantitative estimate of drug-likeness (QED) is 0.733. The number of halogens is 1. The predicted molar refractivity (Wildman–Crippen MR) is 93.6 cm³/mol. The third-order valence-electron chi connectivity index (χ3n) is 3.84. The standard InChI is InChI=1S/C19H19FN2O4/c1-12-3-8-17(13(2)9-12)25-11-16(23)10-22-19(24)26-18(21-22)14-4-6-15(20)7-5-14/h3-9,16,23H,10-11H2,1-2H3/t16-/m1/s1. The van der Waals surface area contributed by atoms with Crippen LogP contribution in [0.5, 0.6) is 5.75 Å². The van der Waals surface area contributed by atoms with Crippen molar-refractivity contribution < 1.29 is 18.7 Å². The number of benzene rings is 2. The Bertz CT molecular complexity index is 947. The van der Waals surface area contributed by atoms with E-state index < -0.39 is 17.7 Å². The highest BCUT2D eigenvalue weighted by molar-refractivity contribution is 5.51. The summed E-state index contributed by atoms with van der Waals surface area (Å²) in [4.78, 5) is 11.9. The molecule has 0 amide bonds. The van der Waals surface area contributed by atoms with E-state index in [-0.39, 0.29) is 19.0 Å². The van der Waals surface area contributed by atoms with E-state index in [0.29, 0.717) is 11.3 Å². The average molecular weight is 358 g/mol. The minimum Gasteiger partial charge on any atom is -0.491 e. The average Bonchev–Trinajstić information content (AvgIpc) is 2.95. The Morgan fingerprint density at radius 2 is 1.96 bits per heavy atom. The first-order valence-corrected chi connectivity index (χ1v) is 8.14. The van der Waals surface area contributed by atoms with Gasteiger partial charge in [0.1, 0.15) is 24.3 Å². The lowest BCUT2D eigenvalue weighted by atomic mass is 10.1. The second-order valence-corrected chi connectivity index (χ2v) is 6.10. The molecule has 1 N–H and O–H groups in total. The molecule has 136 valence electrons. The maximum absolute atomic E-state index is 13.0. The number of hydrogen-bond donors (Lipinski definition) is 1. The lowest BCUT2D eigenvalue weighted by Gasteiger charge is -2.13. The molecule has 0 spiro atoms. The van der Waals surface area contributed by atoms with Gasteiger partial charge in [0.15, 0.2) is 0 Å². The van der Waals surface area contributed by atoms with Gasteiger partial charge in [-0.25, -0.2) is 9.18 Å². The zero-order valence-corrected chi connectivity index (χ0v) is 14.5. The Labute approximate surface area is 149 Å². The van der Waals surface area contributed by atoms with E-state index in [1.165, 1.54) is 24.3 Å². The van der Waals surface area contributed by atoms with Gasteiger partial charge in [-0.3, -0.25) is 0 Å². The van der Waals surface area contributed by atoms with Crippen LogP contribution in [0.25, 0.3) is 11.5 Å². The van der Waals surface area contributed by atoms with Crippen molar-refractivity contribution in [2.24, 2.45) is 0 Å². The number of ether oxygens (including phenoxy) is 1. The molecular formula is C19H19FN2O4. The summed E-state index contributed by atoms with van der Waals surface area (Å²) < 4.78 is 24.7. The first-order valence-electron chi connectivity index (χ1n) is 8.14. The van der Waals surface area contributed by atoms with Crippen LogP contribution in [-0.2, 0) is 6.54 Å². The maximum atomic E-state index is 13.0. The summed E-state index contributed by atoms with van der Waals surface area (Å²) in [7, 11) is 0. The van der Waals surface area contributed by atoms with Gasteiger partial charge in [-0.2, -0.15) is 4.68 Å². The predicted octanol–water partition coefficient (Wildman–Crippen LogP) is 2.70. The molecule has 1 aromatic heterocycles. The summed E-state index contributed by atoms with van der Waals surface area (Å²) in [5.74, 6) is -0.351. The monoisotopic (exact) mass is 358 g/mol. The fraction of sp³-hybridized carbons (Fsp3) is 0.263. The molecule has 0 fully saturated rings. The Kier molecular flexibility index (Phi) is 5.18. The first-order chi connectivity index (χ1) is 12.4. The molecule has 26 heavy (non-hydrogen) atoms. The summed E-state index contributed by atoms with van der Waals surface area (Å²) in [6, 6.07) is 11.2. The number of hydrogen-bond acceptors (Lipinski definition) is 5. The van der Waals surface area contributed by atoms with Gasteiger partial charge >= 0.3 is 5.76 Å². The molecule has 0 saturated carbocycles. The van der Waals surface area contributed by atoms with E-state index in [1.807, 2.05) is 32.0 Å². The molecular weight excluding hydrogens is 339 g/mol. The minimum atomic E-state index is -0.945. The van der Waals surface area contributed by atoms with Gasteiger partial charge in [-0.1, -0.05) is 17.7 Å². The summed E-state index contributed by atoms with van der Waals surface area (Å²) in [5, 5.41) is 14.2. The zero-order chi connectivity index (χ0) is 18.7. The third-order valence-corrected chi connectivity index (χ3v) is 3.84. The molecule has 1 atom stereocenters. The van der Waals surface area contributed by atoms with Crippen LogP contribution in [0.15, 0.2) is 51.7 Å². The maximum Gasteiger partial charge on any atom is 0.437 e. The van der Waals surface area contributed by atoms with Crippen LogP contribution in [0, 0.1) is 19.7 Å². The number of aromatic nitrogens is 2. The van der Waals surface area contributed by atoms with E-state index in [0.717, 1.165) is 15.8 Å². The van der Waals surface area contributed by atoms with Gasteiger partial charge in [0.2, 0.25) is 5.89 Å². The summed E-state index contributed by atoms with van der Waals surface area (Å²) in [6.07, 6.45) is -0.945. The largest absolute Gasteiger partial charge is 0.491 e. The van der Waals surface area contributed by atoms with Crippen molar-refractivity contribution in [1.29, 1.82) is 0 Å². The molecule has 7 heteroatoms. The number of aryl methyl sites for hydroxylation is 2. The van der Waals surface area contributed by atoms with Crippen molar-refractivity contribution >= 4 is 0 Å². The molecule has 0 aliphatic heterocycles. The Balaban J connectivity index is 1.65. The fourth-order valence-electron chi connectivity index (χ4n) is 2.53. The van der Waals surface area contributed by atoms with Crippen LogP contribution in [0.1, 0.15) is 11.1 Å². The molecule has 0 saturated heterocycles. The smallest absolute Gasteiger partial charge is 0.437 e. The second-order valence-electron chi connectivity index (χ2n) is 6.10. The minimum absolute atomic E-state index is 0.00901. The van der Waals surface area contributed by atoms with Crippen molar-refractivity contribution in [3.8, 4) is 17.2 Å². The van der Waals surface area contributed by atoms with Crippen LogP contribution in [-0.4, -0.2) is 27.6 Å². The fourth-order valence-corrected chi connectivity index (χ4v) is 2.53. The molecule has 1 heterocycles. The van der Waals surface area contributed by atoms with Crippen molar-refractivity contribution in [3.63, 3.8) is 0 Å². The van der Waals surface area contributed by atoms with Crippen molar-refractivity contribution in [3.05, 3.63) is 70.0 Å². The van der Waals surface area contributed by atoms with Gasteiger partial charge in [0, 0.05) is 5.56 Å². The van der Waals surface area contributed by atoms with Crippen LogP contribution in [0.4, 0.5) is 4.39 Å². The van der Waals surface area contributed by atoms with Crippen LogP contribution in [0.3, 0.4) is 0 Å². The molecule has 6 nitrogen and oxygen atoms in total. The van der Waals surface area contributed by atoms with E-state index in [1.54, 1.807) is 0 Å². The molecule has 0 aliphatic rings. The SMILES string of the molecule is Cc1ccc(OC[C@H](O)Cn2nc(-c3ccc(F)cc3)oc2=O)c(C)c1. The molecule has 3 aromatic rings. The van der Waals surface area contributed by atoms with Crippen molar-refractivity contribution in [2.75, 3.05) is 6.61 Å². The van der Waals surface area contributed by atoms with E-state index in [2.05, 4.69) is 5.10 Å². The van der Waals surface area contributed by atoms with Gasteiger partial charge in [0.05, 0.1) is 6.54 Å². The van der Waals surface area contributed by atoms with E-state index >= 15 is 0 Å². The second kappa shape index (κ2) is 7.53. The van der Waals surface area contributed by atoms with Gasteiger partial charge in [0.25, 0.3) is 0 Å². The third kappa shape index (κ3) is 4.18. The number of aliphatic hydroxyl groups excluding tert-OH is 1. The number of rotatable bonds is 6. The van der Waals surface area contributed by atoms with Gasteiger partial charge in [-0.05, 0) is 49.7 Å². The highest BCUT2D eigenvalue weighted by atomic mass is 19.1. The number of aliphatic hydroxyl groups is 1.